The molecule has 1 saturated heterocycles. The molecule has 2 N–H and O–H groups in total. The summed E-state index contributed by atoms with van der Waals surface area (Å²) in [7, 11) is 0. The Labute approximate surface area is 116 Å². The highest BCUT2D eigenvalue weighted by atomic mass is 15.2. The van der Waals surface area contributed by atoms with Crippen LogP contribution < -0.4 is 10.6 Å². The van der Waals surface area contributed by atoms with E-state index in [0.29, 0.717) is 12.0 Å². The molecule has 1 unspecified atom stereocenters. The lowest BCUT2D eigenvalue weighted by molar-refractivity contribution is 0.580. The van der Waals surface area contributed by atoms with Crippen molar-refractivity contribution in [2.24, 2.45) is 5.73 Å². The Morgan fingerprint density at radius 2 is 2.21 bits per heavy atom. The van der Waals surface area contributed by atoms with Crippen molar-refractivity contribution in [3.8, 4) is 0 Å². The van der Waals surface area contributed by atoms with Crippen LogP contribution in [0.3, 0.4) is 0 Å². The summed E-state index contributed by atoms with van der Waals surface area (Å²) in [5, 5.41) is 0. The lowest BCUT2D eigenvalue weighted by atomic mass is 10.1. The molecule has 4 heteroatoms. The van der Waals surface area contributed by atoms with Crippen LogP contribution in [0.25, 0.3) is 0 Å². The second kappa shape index (κ2) is 6.33. The SMILES string of the molecule is Cc1cc(N2CCCC2CCCN)nc(C(C)C)n1. The molecule has 1 fully saturated rings. The van der Waals surface area contributed by atoms with Gasteiger partial charge in [0.1, 0.15) is 11.6 Å². The van der Waals surface area contributed by atoms with Crippen LogP contribution in [0.5, 0.6) is 0 Å². The van der Waals surface area contributed by atoms with Crippen molar-refractivity contribution < 1.29 is 0 Å². The first-order valence-electron chi connectivity index (χ1n) is 7.44. The maximum Gasteiger partial charge on any atom is 0.133 e. The number of aromatic nitrogens is 2. The molecular formula is C15H26N4. The predicted octanol–water partition coefficient (Wildman–Crippen LogP) is 2.62. The van der Waals surface area contributed by atoms with Crippen molar-refractivity contribution in [2.45, 2.75) is 58.4 Å². The maximum absolute atomic E-state index is 5.63. The van der Waals surface area contributed by atoms with Gasteiger partial charge in [0.2, 0.25) is 0 Å². The predicted molar refractivity (Wildman–Crippen MR) is 79.5 cm³/mol. The molecule has 19 heavy (non-hydrogen) atoms. The van der Waals surface area contributed by atoms with Crippen LogP contribution in [0.4, 0.5) is 5.82 Å². The van der Waals surface area contributed by atoms with Crippen LogP contribution in [-0.4, -0.2) is 29.1 Å². The Morgan fingerprint density at radius 3 is 2.89 bits per heavy atom. The first kappa shape index (κ1) is 14.3. The number of nitrogens with zero attached hydrogens (tertiary/aromatic N) is 3. The summed E-state index contributed by atoms with van der Waals surface area (Å²) >= 11 is 0. The van der Waals surface area contributed by atoms with Gasteiger partial charge in [-0.2, -0.15) is 0 Å². The molecule has 0 amide bonds. The lowest BCUT2D eigenvalue weighted by Gasteiger charge is -2.26. The molecule has 0 aliphatic carbocycles. The van der Waals surface area contributed by atoms with Gasteiger partial charge in [0, 0.05) is 30.3 Å². The van der Waals surface area contributed by atoms with Crippen molar-refractivity contribution in [3.63, 3.8) is 0 Å². The topological polar surface area (TPSA) is 55.0 Å². The molecule has 4 nitrogen and oxygen atoms in total. The zero-order valence-corrected chi connectivity index (χ0v) is 12.4. The van der Waals surface area contributed by atoms with Crippen molar-refractivity contribution in [1.82, 2.24) is 9.97 Å². The van der Waals surface area contributed by atoms with E-state index in [2.05, 4.69) is 36.7 Å². The molecule has 2 rings (SSSR count). The minimum Gasteiger partial charge on any atom is -0.354 e. The van der Waals surface area contributed by atoms with Crippen molar-refractivity contribution in [3.05, 3.63) is 17.6 Å². The molecule has 2 heterocycles. The minimum absolute atomic E-state index is 0.378. The molecule has 1 aromatic heterocycles. The van der Waals surface area contributed by atoms with Crippen molar-refractivity contribution >= 4 is 5.82 Å². The standard InChI is InChI=1S/C15H26N4/c1-11(2)15-17-12(3)10-14(18-15)19-9-5-7-13(19)6-4-8-16/h10-11,13H,4-9,16H2,1-3H3. The first-order valence-corrected chi connectivity index (χ1v) is 7.44. The summed E-state index contributed by atoms with van der Waals surface area (Å²) in [6, 6.07) is 2.73. The molecule has 0 radical (unpaired) electrons. The van der Waals surface area contributed by atoms with Gasteiger partial charge in [-0.05, 0) is 39.2 Å². The van der Waals surface area contributed by atoms with Gasteiger partial charge >= 0.3 is 0 Å². The number of anilines is 1. The summed E-state index contributed by atoms with van der Waals surface area (Å²) in [5.41, 5.74) is 6.70. The fourth-order valence-electron chi connectivity index (χ4n) is 2.77. The fraction of sp³-hybridized carbons (Fsp3) is 0.733. The van der Waals surface area contributed by atoms with E-state index in [1.807, 2.05) is 0 Å². The third-order valence-electron chi connectivity index (χ3n) is 3.79. The summed E-state index contributed by atoms with van der Waals surface area (Å²) < 4.78 is 0. The average molecular weight is 262 g/mol. The lowest BCUT2D eigenvalue weighted by Crippen LogP contribution is -2.31. The highest BCUT2D eigenvalue weighted by Crippen LogP contribution is 2.27. The van der Waals surface area contributed by atoms with Crippen LogP contribution in [0, 0.1) is 6.92 Å². The van der Waals surface area contributed by atoms with Crippen LogP contribution in [0.1, 0.15) is 57.0 Å². The molecule has 0 aromatic carbocycles. The normalized spacial score (nSPS) is 19.4. The third-order valence-corrected chi connectivity index (χ3v) is 3.79. The van der Waals surface area contributed by atoms with Crippen LogP contribution in [-0.2, 0) is 0 Å². The number of rotatable bonds is 5. The van der Waals surface area contributed by atoms with Gasteiger partial charge in [-0.15, -0.1) is 0 Å². The number of hydrogen-bond acceptors (Lipinski definition) is 4. The third kappa shape index (κ3) is 3.44. The second-order valence-corrected chi connectivity index (χ2v) is 5.80. The number of nitrogens with two attached hydrogens (primary N) is 1. The summed E-state index contributed by atoms with van der Waals surface area (Å²) in [6.45, 7) is 8.25. The van der Waals surface area contributed by atoms with Gasteiger partial charge in [0.25, 0.3) is 0 Å². The molecule has 0 spiro atoms. The van der Waals surface area contributed by atoms with Gasteiger partial charge < -0.3 is 10.6 Å². The first-order chi connectivity index (χ1) is 9.11. The van der Waals surface area contributed by atoms with E-state index in [1.165, 1.54) is 19.3 Å². The zero-order chi connectivity index (χ0) is 13.8. The van der Waals surface area contributed by atoms with Crippen LogP contribution in [0.15, 0.2) is 6.07 Å². The van der Waals surface area contributed by atoms with Gasteiger partial charge in [0.05, 0.1) is 0 Å². The number of aryl methyl sites for hydroxylation is 1. The smallest absolute Gasteiger partial charge is 0.133 e. The average Bonchev–Trinajstić information content (AvgIpc) is 2.83. The largest absolute Gasteiger partial charge is 0.354 e. The quantitative estimate of drug-likeness (QED) is 0.886. The maximum atomic E-state index is 5.63. The van der Waals surface area contributed by atoms with Gasteiger partial charge in [-0.1, -0.05) is 13.8 Å². The zero-order valence-electron chi connectivity index (χ0n) is 12.4. The molecular weight excluding hydrogens is 236 g/mol. The van der Waals surface area contributed by atoms with Gasteiger partial charge in [0.15, 0.2) is 0 Å². The van der Waals surface area contributed by atoms with E-state index in [-0.39, 0.29) is 0 Å². The van der Waals surface area contributed by atoms with Crippen molar-refractivity contribution in [1.29, 1.82) is 0 Å². The van der Waals surface area contributed by atoms with E-state index >= 15 is 0 Å². The minimum atomic E-state index is 0.378. The molecule has 0 saturated carbocycles. The monoisotopic (exact) mass is 262 g/mol. The molecule has 106 valence electrons. The fourth-order valence-corrected chi connectivity index (χ4v) is 2.77. The highest BCUT2D eigenvalue weighted by molar-refractivity contribution is 5.42. The molecule has 1 aliphatic rings. The van der Waals surface area contributed by atoms with E-state index < -0.39 is 0 Å². The van der Waals surface area contributed by atoms with Crippen LogP contribution >= 0.6 is 0 Å². The Hall–Kier alpha value is -1.16. The van der Waals surface area contributed by atoms with Gasteiger partial charge in [-0.25, -0.2) is 9.97 Å². The highest BCUT2D eigenvalue weighted by Gasteiger charge is 2.25. The van der Waals surface area contributed by atoms with E-state index in [0.717, 1.165) is 36.8 Å². The summed E-state index contributed by atoms with van der Waals surface area (Å²) in [4.78, 5) is 11.7. The van der Waals surface area contributed by atoms with E-state index in [4.69, 9.17) is 10.7 Å². The second-order valence-electron chi connectivity index (χ2n) is 5.80. The van der Waals surface area contributed by atoms with Gasteiger partial charge in [-0.3, -0.25) is 0 Å². The Bertz CT molecular complexity index is 417. The van der Waals surface area contributed by atoms with Crippen molar-refractivity contribution in [2.75, 3.05) is 18.0 Å². The van der Waals surface area contributed by atoms with E-state index in [1.54, 1.807) is 0 Å². The summed E-state index contributed by atoms with van der Waals surface area (Å²) in [5.74, 6) is 2.44. The molecule has 0 bridgehead atoms. The summed E-state index contributed by atoms with van der Waals surface area (Å²) in [6.07, 6.45) is 4.80. The molecule has 1 atom stereocenters. The molecule has 1 aromatic rings. The molecule has 1 aliphatic heterocycles. The Balaban J connectivity index is 2.20. The number of hydrogen-bond donors (Lipinski definition) is 1. The van der Waals surface area contributed by atoms with E-state index in [9.17, 15) is 0 Å². The Morgan fingerprint density at radius 1 is 1.42 bits per heavy atom. The Kier molecular flexibility index (Phi) is 4.75. The van der Waals surface area contributed by atoms with Crippen LogP contribution in [0.2, 0.25) is 0 Å².